The Bertz CT molecular complexity index is 345. The Morgan fingerprint density at radius 3 is 2.73 bits per heavy atom. The van der Waals surface area contributed by atoms with E-state index in [2.05, 4.69) is 36.0 Å². The van der Waals surface area contributed by atoms with Crippen molar-refractivity contribution in [3.63, 3.8) is 0 Å². The molecule has 0 aliphatic carbocycles. The van der Waals surface area contributed by atoms with Gasteiger partial charge in [-0.2, -0.15) is 18.2 Å². The van der Waals surface area contributed by atoms with Crippen molar-refractivity contribution >= 4 is 21.9 Å². The SMILES string of the molecule is CNc1ncc(Br)c(OCC(F)(F)F)n1. The number of nitrogens with one attached hydrogen (secondary N) is 1. The Kier molecular flexibility index (Phi) is 3.72. The van der Waals surface area contributed by atoms with Crippen LogP contribution in [0.15, 0.2) is 10.7 Å². The minimum absolute atomic E-state index is 0.147. The number of anilines is 1. The van der Waals surface area contributed by atoms with Crippen molar-refractivity contribution in [2.75, 3.05) is 19.0 Å². The summed E-state index contributed by atoms with van der Waals surface area (Å²) >= 11 is 2.98. The van der Waals surface area contributed by atoms with Crippen LogP contribution < -0.4 is 10.1 Å². The molecule has 4 nitrogen and oxygen atoms in total. The van der Waals surface area contributed by atoms with E-state index in [0.717, 1.165) is 0 Å². The van der Waals surface area contributed by atoms with Gasteiger partial charge in [-0.3, -0.25) is 0 Å². The standard InChI is InChI=1S/C7H7BrF3N3O/c1-12-6-13-2-4(8)5(14-6)15-3-7(9,10)11/h2H,3H2,1H3,(H,12,13,14). The van der Waals surface area contributed by atoms with Crippen LogP contribution in [-0.2, 0) is 0 Å². The smallest absolute Gasteiger partial charge is 0.422 e. The molecule has 0 atom stereocenters. The van der Waals surface area contributed by atoms with E-state index in [-0.39, 0.29) is 16.3 Å². The lowest BCUT2D eigenvalue weighted by molar-refractivity contribution is -0.154. The number of rotatable bonds is 3. The zero-order valence-corrected chi connectivity index (χ0v) is 9.18. The summed E-state index contributed by atoms with van der Waals surface area (Å²) in [6.45, 7) is -1.38. The highest BCUT2D eigenvalue weighted by molar-refractivity contribution is 9.10. The van der Waals surface area contributed by atoms with Gasteiger partial charge in [-0.1, -0.05) is 0 Å². The van der Waals surface area contributed by atoms with Crippen LogP contribution in [0, 0.1) is 0 Å². The van der Waals surface area contributed by atoms with Gasteiger partial charge in [-0.05, 0) is 15.9 Å². The van der Waals surface area contributed by atoms with Crippen LogP contribution in [0.3, 0.4) is 0 Å². The highest BCUT2D eigenvalue weighted by Crippen LogP contribution is 2.24. The van der Waals surface area contributed by atoms with Crippen LogP contribution in [0.25, 0.3) is 0 Å². The van der Waals surface area contributed by atoms with Gasteiger partial charge in [0.25, 0.3) is 0 Å². The average Bonchev–Trinajstić information content (AvgIpc) is 2.15. The Hall–Kier alpha value is -1.05. The molecule has 1 rings (SSSR count). The fourth-order valence-corrected chi connectivity index (χ4v) is 1.03. The fourth-order valence-electron chi connectivity index (χ4n) is 0.723. The quantitative estimate of drug-likeness (QED) is 0.925. The molecule has 1 aromatic heterocycles. The molecule has 1 heterocycles. The summed E-state index contributed by atoms with van der Waals surface area (Å²) in [7, 11) is 1.55. The van der Waals surface area contributed by atoms with Gasteiger partial charge in [0.05, 0.1) is 10.7 Å². The number of alkyl halides is 3. The van der Waals surface area contributed by atoms with Crippen molar-refractivity contribution in [2.45, 2.75) is 6.18 Å². The number of halogens is 4. The summed E-state index contributed by atoms with van der Waals surface area (Å²) in [5.74, 6) is 0.0436. The monoisotopic (exact) mass is 285 g/mol. The first-order valence-corrected chi connectivity index (χ1v) is 4.61. The molecule has 0 aliphatic heterocycles. The molecule has 0 radical (unpaired) electrons. The number of aromatic nitrogens is 2. The highest BCUT2D eigenvalue weighted by atomic mass is 79.9. The molecule has 0 aromatic carbocycles. The minimum atomic E-state index is -4.38. The third kappa shape index (κ3) is 3.90. The van der Waals surface area contributed by atoms with E-state index in [0.29, 0.717) is 0 Å². The number of nitrogens with zero attached hydrogens (tertiary/aromatic N) is 2. The Labute approximate surface area is 92.0 Å². The zero-order valence-electron chi connectivity index (χ0n) is 7.60. The first kappa shape index (κ1) is 12.0. The van der Waals surface area contributed by atoms with Crippen molar-refractivity contribution in [2.24, 2.45) is 0 Å². The van der Waals surface area contributed by atoms with E-state index >= 15 is 0 Å². The molecule has 1 aromatic rings. The van der Waals surface area contributed by atoms with Crippen LogP contribution in [0.5, 0.6) is 5.88 Å². The predicted octanol–water partition coefficient (Wildman–Crippen LogP) is 2.22. The lowest BCUT2D eigenvalue weighted by Gasteiger charge is -2.09. The summed E-state index contributed by atoms with van der Waals surface area (Å²) in [6.07, 6.45) is -3.07. The van der Waals surface area contributed by atoms with Crippen LogP contribution in [0.1, 0.15) is 0 Å². The van der Waals surface area contributed by atoms with Crippen molar-refractivity contribution in [3.05, 3.63) is 10.7 Å². The van der Waals surface area contributed by atoms with Gasteiger partial charge in [0.15, 0.2) is 6.61 Å². The van der Waals surface area contributed by atoms with Gasteiger partial charge >= 0.3 is 6.18 Å². The summed E-state index contributed by atoms with van der Waals surface area (Å²) in [5.41, 5.74) is 0. The molecule has 1 N–H and O–H groups in total. The summed E-state index contributed by atoms with van der Waals surface area (Å²) in [6, 6.07) is 0. The van der Waals surface area contributed by atoms with E-state index in [9.17, 15) is 13.2 Å². The maximum absolute atomic E-state index is 11.9. The van der Waals surface area contributed by atoms with Crippen molar-refractivity contribution in [1.29, 1.82) is 0 Å². The largest absolute Gasteiger partial charge is 0.467 e. The van der Waals surface area contributed by atoms with E-state index in [1.807, 2.05) is 0 Å². The van der Waals surface area contributed by atoms with Gasteiger partial charge in [-0.25, -0.2) is 4.98 Å². The Balaban J connectivity index is 2.75. The van der Waals surface area contributed by atoms with E-state index in [4.69, 9.17) is 0 Å². The third-order valence-corrected chi connectivity index (χ3v) is 1.85. The number of ether oxygens (including phenoxy) is 1. The highest BCUT2D eigenvalue weighted by Gasteiger charge is 2.29. The van der Waals surface area contributed by atoms with Crippen molar-refractivity contribution < 1.29 is 17.9 Å². The van der Waals surface area contributed by atoms with Crippen LogP contribution in [-0.4, -0.2) is 29.8 Å². The topological polar surface area (TPSA) is 47.0 Å². The lowest BCUT2D eigenvalue weighted by Crippen LogP contribution is -2.20. The van der Waals surface area contributed by atoms with Gasteiger partial charge in [0.2, 0.25) is 11.8 Å². The third-order valence-electron chi connectivity index (χ3n) is 1.31. The lowest BCUT2D eigenvalue weighted by atomic mass is 10.6. The molecule has 15 heavy (non-hydrogen) atoms. The van der Waals surface area contributed by atoms with Crippen molar-refractivity contribution in [3.8, 4) is 5.88 Å². The van der Waals surface area contributed by atoms with Crippen LogP contribution in [0.2, 0.25) is 0 Å². The van der Waals surface area contributed by atoms with Crippen molar-refractivity contribution in [1.82, 2.24) is 9.97 Å². The second-order valence-corrected chi connectivity index (χ2v) is 3.35. The second kappa shape index (κ2) is 4.65. The first-order valence-electron chi connectivity index (χ1n) is 3.82. The zero-order chi connectivity index (χ0) is 11.5. The number of hydrogen-bond donors (Lipinski definition) is 1. The summed E-state index contributed by atoms with van der Waals surface area (Å²) in [4.78, 5) is 7.47. The summed E-state index contributed by atoms with van der Waals surface area (Å²) in [5, 5.41) is 2.59. The molecule has 0 fully saturated rings. The first-order chi connectivity index (χ1) is 6.92. The molecule has 0 aliphatic rings. The van der Waals surface area contributed by atoms with Gasteiger partial charge < -0.3 is 10.1 Å². The van der Waals surface area contributed by atoms with Gasteiger partial charge in [0, 0.05) is 7.05 Å². The maximum atomic E-state index is 11.9. The fraction of sp³-hybridized carbons (Fsp3) is 0.429. The Morgan fingerprint density at radius 2 is 2.20 bits per heavy atom. The molecule has 0 amide bonds. The Morgan fingerprint density at radius 1 is 1.53 bits per heavy atom. The van der Waals surface area contributed by atoms with Gasteiger partial charge in [-0.15, -0.1) is 0 Å². The molecule has 0 bridgehead atoms. The second-order valence-electron chi connectivity index (χ2n) is 2.50. The minimum Gasteiger partial charge on any atom is -0.467 e. The molecule has 0 saturated heterocycles. The molecular formula is C7H7BrF3N3O. The number of hydrogen-bond acceptors (Lipinski definition) is 4. The molecule has 8 heteroatoms. The molecule has 0 unspecified atom stereocenters. The maximum Gasteiger partial charge on any atom is 0.422 e. The molecule has 84 valence electrons. The molecular weight excluding hydrogens is 279 g/mol. The molecule has 0 spiro atoms. The molecule has 0 saturated carbocycles. The van der Waals surface area contributed by atoms with E-state index < -0.39 is 12.8 Å². The normalized spacial score (nSPS) is 11.3. The van der Waals surface area contributed by atoms with Crippen LogP contribution in [0.4, 0.5) is 19.1 Å². The van der Waals surface area contributed by atoms with E-state index in [1.54, 1.807) is 7.05 Å². The van der Waals surface area contributed by atoms with Gasteiger partial charge in [0.1, 0.15) is 0 Å². The summed E-state index contributed by atoms with van der Waals surface area (Å²) < 4.78 is 40.3. The average molecular weight is 286 g/mol. The van der Waals surface area contributed by atoms with E-state index in [1.165, 1.54) is 6.20 Å². The van der Waals surface area contributed by atoms with Crippen LogP contribution >= 0.6 is 15.9 Å². The predicted molar refractivity (Wildman–Crippen MR) is 50.8 cm³/mol.